The molecule has 0 N–H and O–H groups in total. The lowest BCUT2D eigenvalue weighted by Gasteiger charge is -2.26. The van der Waals surface area contributed by atoms with Crippen molar-refractivity contribution in [2.24, 2.45) is 5.92 Å². The van der Waals surface area contributed by atoms with Gasteiger partial charge in [0, 0.05) is 5.92 Å². The Balaban J connectivity index is 1.84. The number of benzene rings is 2. The summed E-state index contributed by atoms with van der Waals surface area (Å²) < 4.78 is 4.68. The van der Waals surface area contributed by atoms with Crippen molar-refractivity contribution in [3.05, 3.63) is 76.9 Å². The minimum Gasteiger partial charge on any atom is -0.469 e. The van der Waals surface area contributed by atoms with Gasteiger partial charge in [0.15, 0.2) is 0 Å². The van der Waals surface area contributed by atoms with Crippen LogP contribution >= 0.6 is 0 Å². The molecule has 0 unspecified atom stereocenters. The van der Waals surface area contributed by atoms with Crippen LogP contribution in [0.3, 0.4) is 0 Å². The summed E-state index contributed by atoms with van der Waals surface area (Å²) in [5, 5.41) is 19.2. The Labute approximate surface area is 153 Å². The Morgan fingerprint density at radius 3 is 2.42 bits per heavy atom. The maximum absolute atomic E-state index is 11.4. The molecule has 0 bridgehead atoms. The van der Waals surface area contributed by atoms with Gasteiger partial charge in [-0.2, -0.15) is 10.5 Å². The molecule has 0 spiro atoms. The number of nitrogens with zero attached hydrogens (tertiary/aromatic N) is 2. The third-order valence-corrected chi connectivity index (χ3v) is 4.72. The lowest BCUT2D eigenvalue weighted by molar-refractivity contribution is -0.139. The minimum absolute atomic E-state index is 0.0593. The second kappa shape index (κ2) is 7.68. The summed E-state index contributed by atoms with van der Waals surface area (Å²) in [6.07, 6.45) is 2.82. The van der Waals surface area contributed by atoms with Crippen molar-refractivity contribution >= 4 is 11.5 Å². The molecule has 3 rings (SSSR count). The smallest absolute Gasteiger partial charge is 0.309 e. The van der Waals surface area contributed by atoms with Crippen molar-refractivity contribution in [2.75, 3.05) is 7.11 Å². The van der Waals surface area contributed by atoms with Gasteiger partial charge >= 0.3 is 5.97 Å². The lowest BCUT2D eigenvalue weighted by atomic mass is 9.75. The first kappa shape index (κ1) is 17.5. The molecule has 0 radical (unpaired) electrons. The van der Waals surface area contributed by atoms with E-state index >= 15 is 0 Å². The zero-order valence-electron chi connectivity index (χ0n) is 14.5. The highest BCUT2D eigenvalue weighted by molar-refractivity contribution is 5.81. The molecule has 0 amide bonds. The summed E-state index contributed by atoms with van der Waals surface area (Å²) in [6, 6.07) is 20.0. The Bertz CT molecular complexity index is 930. The molecule has 2 aromatic rings. The Morgan fingerprint density at radius 1 is 1.08 bits per heavy atom. The van der Waals surface area contributed by atoms with E-state index in [4.69, 9.17) is 0 Å². The summed E-state index contributed by atoms with van der Waals surface area (Å²) in [4.78, 5) is 11.4. The number of nitriles is 2. The first-order valence-corrected chi connectivity index (χ1v) is 8.41. The molecule has 1 aliphatic rings. The maximum atomic E-state index is 11.4. The van der Waals surface area contributed by atoms with Crippen LogP contribution in [0.2, 0.25) is 0 Å². The van der Waals surface area contributed by atoms with E-state index in [1.807, 2.05) is 54.6 Å². The fourth-order valence-corrected chi connectivity index (χ4v) is 3.39. The third-order valence-electron chi connectivity index (χ3n) is 4.72. The highest BCUT2D eigenvalue weighted by Crippen LogP contribution is 2.39. The lowest BCUT2D eigenvalue weighted by Crippen LogP contribution is -2.18. The predicted molar refractivity (Wildman–Crippen MR) is 97.7 cm³/mol. The average Bonchev–Trinajstić information content (AvgIpc) is 2.68. The number of carbonyl (C=O) groups excluding carboxylic acids is 1. The number of ether oxygens (including phenoxy) is 1. The molecular formula is C22H18N2O2. The largest absolute Gasteiger partial charge is 0.469 e. The first-order chi connectivity index (χ1) is 12.7. The van der Waals surface area contributed by atoms with Crippen LogP contribution in [-0.2, 0) is 22.4 Å². The summed E-state index contributed by atoms with van der Waals surface area (Å²) in [5.74, 6) is -0.609. The Kier molecular flexibility index (Phi) is 5.15. The minimum atomic E-state index is -0.280. The molecule has 0 aliphatic heterocycles. The molecule has 4 nitrogen and oxygen atoms in total. The van der Waals surface area contributed by atoms with Crippen LogP contribution in [0.25, 0.3) is 5.57 Å². The Hall–Kier alpha value is -3.37. The molecule has 2 atom stereocenters. The molecule has 128 valence electrons. The summed E-state index contributed by atoms with van der Waals surface area (Å²) in [7, 11) is 1.37. The van der Waals surface area contributed by atoms with E-state index in [2.05, 4.69) is 16.9 Å². The van der Waals surface area contributed by atoms with E-state index < -0.39 is 0 Å². The highest BCUT2D eigenvalue weighted by Gasteiger charge is 2.29. The van der Waals surface area contributed by atoms with Crippen LogP contribution in [0.4, 0.5) is 0 Å². The fraction of sp³-hybridized carbons (Fsp3) is 0.227. The molecule has 1 aliphatic carbocycles. The molecule has 0 saturated heterocycles. The molecule has 0 heterocycles. The molecule has 0 fully saturated rings. The van der Waals surface area contributed by atoms with Crippen LogP contribution in [0, 0.1) is 28.6 Å². The van der Waals surface area contributed by atoms with Crippen molar-refractivity contribution in [1.29, 1.82) is 10.5 Å². The number of methoxy groups -OCH3 is 1. The van der Waals surface area contributed by atoms with Crippen molar-refractivity contribution in [3.8, 4) is 12.1 Å². The number of hydrogen-bond acceptors (Lipinski definition) is 4. The van der Waals surface area contributed by atoms with Crippen LogP contribution in [0.1, 0.15) is 28.2 Å². The number of allylic oxidation sites excluding steroid dienone is 2. The van der Waals surface area contributed by atoms with E-state index in [1.54, 1.807) is 0 Å². The van der Waals surface area contributed by atoms with E-state index in [0.29, 0.717) is 12.0 Å². The quantitative estimate of drug-likeness (QED) is 0.792. The second-order valence-corrected chi connectivity index (χ2v) is 6.32. The predicted octanol–water partition coefficient (Wildman–Crippen LogP) is 3.79. The summed E-state index contributed by atoms with van der Waals surface area (Å²) >= 11 is 0. The first-order valence-electron chi connectivity index (χ1n) is 8.41. The van der Waals surface area contributed by atoms with Crippen molar-refractivity contribution in [2.45, 2.75) is 18.8 Å². The van der Waals surface area contributed by atoms with Crippen LogP contribution < -0.4 is 0 Å². The molecule has 2 aromatic carbocycles. The normalized spacial score (nSPS) is 18.0. The molecule has 0 aromatic heterocycles. The van der Waals surface area contributed by atoms with E-state index in [9.17, 15) is 15.3 Å². The number of hydrogen-bond donors (Lipinski definition) is 0. The SMILES string of the molecule is COC(=O)Cc1ccc(C[C@H]2C=C(C#N)c3ccccc3[C@H]2C#N)cc1. The number of esters is 1. The van der Waals surface area contributed by atoms with Crippen LogP contribution in [-0.4, -0.2) is 13.1 Å². The number of rotatable bonds is 4. The Morgan fingerprint density at radius 2 is 1.77 bits per heavy atom. The van der Waals surface area contributed by atoms with Gasteiger partial charge in [0.25, 0.3) is 0 Å². The molecule has 0 saturated carbocycles. The van der Waals surface area contributed by atoms with Gasteiger partial charge < -0.3 is 4.74 Å². The monoisotopic (exact) mass is 342 g/mol. The topological polar surface area (TPSA) is 73.9 Å². The number of fused-ring (bicyclic) bond motifs is 1. The average molecular weight is 342 g/mol. The third kappa shape index (κ3) is 3.50. The zero-order valence-corrected chi connectivity index (χ0v) is 14.5. The molecular weight excluding hydrogens is 324 g/mol. The zero-order chi connectivity index (χ0) is 18.5. The van der Waals surface area contributed by atoms with Gasteiger partial charge in [-0.3, -0.25) is 4.79 Å². The van der Waals surface area contributed by atoms with Gasteiger partial charge in [0.1, 0.15) is 0 Å². The van der Waals surface area contributed by atoms with Crippen molar-refractivity contribution in [3.63, 3.8) is 0 Å². The van der Waals surface area contributed by atoms with Gasteiger partial charge in [0.05, 0.1) is 37.2 Å². The van der Waals surface area contributed by atoms with Crippen molar-refractivity contribution in [1.82, 2.24) is 0 Å². The second-order valence-electron chi connectivity index (χ2n) is 6.32. The fourth-order valence-electron chi connectivity index (χ4n) is 3.39. The van der Waals surface area contributed by atoms with Crippen LogP contribution in [0.5, 0.6) is 0 Å². The molecule has 4 heteroatoms. The maximum Gasteiger partial charge on any atom is 0.309 e. The number of carbonyl (C=O) groups is 1. The highest BCUT2D eigenvalue weighted by atomic mass is 16.5. The van der Waals surface area contributed by atoms with E-state index in [1.165, 1.54) is 7.11 Å². The summed E-state index contributed by atoms with van der Waals surface area (Å²) in [5.41, 5.74) is 4.35. The molecule has 26 heavy (non-hydrogen) atoms. The van der Waals surface area contributed by atoms with Gasteiger partial charge in [0.2, 0.25) is 0 Å². The van der Waals surface area contributed by atoms with Gasteiger partial charge in [-0.1, -0.05) is 54.6 Å². The standard InChI is InChI=1S/C22H18N2O2/c1-26-22(25)11-16-8-6-15(7-9-16)10-17-12-18(13-23)19-4-2-3-5-20(19)21(17)14-24/h2-9,12,17,21H,10-11H2,1H3/t17-,21-/m0/s1. The van der Waals surface area contributed by atoms with E-state index in [0.717, 1.165) is 22.3 Å². The van der Waals surface area contributed by atoms with Crippen molar-refractivity contribution < 1.29 is 9.53 Å². The van der Waals surface area contributed by atoms with Gasteiger partial charge in [-0.05, 0) is 28.7 Å². The summed E-state index contributed by atoms with van der Waals surface area (Å²) in [6.45, 7) is 0. The van der Waals surface area contributed by atoms with Gasteiger partial charge in [-0.15, -0.1) is 0 Å². The van der Waals surface area contributed by atoms with Gasteiger partial charge in [-0.25, -0.2) is 0 Å². The van der Waals surface area contributed by atoms with E-state index in [-0.39, 0.29) is 24.2 Å². The van der Waals surface area contributed by atoms with Crippen LogP contribution in [0.15, 0.2) is 54.6 Å².